The molecule has 0 spiro atoms. The largest absolute Gasteiger partial charge is 0.497 e. The van der Waals surface area contributed by atoms with Gasteiger partial charge in [0.1, 0.15) is 11.6 Å². The zero-order chi connectivity index (χ0) is 26.4. The van der Waals surface area contributed by atoms with Crippen LogP contribution < -0.4 is 4.74 Å². The van der Waals surface area contributed by atoms with E-state index in [-0.39, 0.29) is 36.3 Å². The van der Waals surface area contributed by atoms with E-state index >= 15 is 0 Å². The molecular formula is C27H29ClFN3O4S. The van der Waals surface area contributed by atoms with Gasteiger partial charge in [0, 0.05) is 61.1 Å². The third-order valence-corrected chi connectivity index (χ3v) is 8.01. The molecule has 7 nitrogen and oxygen atoms in total. The molecule has 1 N–H and O–H groups in total. The van der Waals surface area contributed by atoms with E-state index in [0.29, 0.717) is 45.2 Å². The van der Waals surface area contributed by atoms with Crippen molar-refractivity contribution in [3.8, 4) is 5.75 Å². The quantitative estimate of drug-likeness (QED) is 0.246. The van der Waals surface area contributed by atoms with Gasteiger partial charge >= 0.3 is 5.97 Å². The summed E-state index contributed by atoms with van der Waals surface area (Å²) in [6.45, 7) is 2.23. The van der Waals surface area contributed by atoms with Crippen molar-refractivity contribution in [2.45, 2.75) is 30.7 Å². The zero-order valence-corrected chi connectivity index (χ0v) is 22.1. The van der Waals surface area contributed by atoms with Crippen LogP contribution in [0.2, 0.25) is 5.02 Å². The number of piperidine rings is 1. The monoisotopic (exact) mass is 545 g/mol. The highest BCUT2D eigenvalue weighted by Gasteiger charge is 2.31. The van der Waals surface area contributed by atoms with E-state index in [1.165, 1.54) is 36.3 Å². The number of fused-ring (bicyclic) bond motifs is 1. The molecule has 1 fully saturated rings. The van der Waals surface area contributed by atoms with Gasteiger partial charge < -0.3 is 14.7 Å². The zero-order valence-electron chi connectivity index (χ0n) is 20.5. The van der Waals surface area contributed by atoms with E-state index in [1.807, 2.05) is 0 Å². The van der Waals surface area contributed by atoms with Crippen LogP contribution in [0.15, 0.2) is 47.8 Å². The Balaban J connectivity index is 1.38. The lowest BCUT2D eigenvalue weighted by Gasteiger charge is -2.38. The molecule has 0 bridgehead atoms. The van der Waals surface area contributed by atoms with E-state index in [9.17, 15) is 19.1 Å². The fourth-order valence-electron chi connectivity index (χ4n) is 4.94. The topological polar surface area (TPSA) is 92.6 Å². The molecule has 196 valence electrons. The SMILES string of the molecule is COc1ccc2ncc(Cl)c(C(=O)CCC3CCN(CCSc4cc(F)ccn4)CC3CC(=O)O)c2c1. The molecular weight excluding hydrogens is 517 g/mol. The molecule has 37 heavy (non-hydrogen) atoms. The van der Waals surface area contributed by atoms with Gasteiger partial charge in [0.2, 0.25) is 0 Å². The molecule has 4 rings (SSSR count). The maximum absolute atomic E-state index is 13.4. The van der Waals surface area contributed by atoms with Crippen LogP contribution in [-0.4, -0.2) is 64.2 Å². The lowest BCUT2D eigenvalue weighted by molar-refractivity contribution is -0.139. The van der Waals surface area contributed by atoms with Crippen molar-refractivity contribution in [3.63, 3.8) is 0 Å². The van der Waals surface area contributed by atoms with Crippen LogP contribution >= 0.6 is 23.4 Å². The Kier molecular flexibility index (Phi) is 9.34. The summed E-state index contributed by atoms with van der Waals surface area (Å²) >= 11 is 7.88. The van der Waals surface area contributed by atoms with Gasteiger partial charge in [-0.15, -0.1) is 11.8 Å². The van der Waals surface area contributed by atoms with Crippen molar-refractivity contribution in [1.29, 1.82) is 0 Å². The Bertz CT molecular complexity index is 1280. The molecule has 2 unspecified atom stereocenters. The van der Waals surface area contributed by atoms with E-state index in [2.05, 4.69) is 14.9 Å². The van der Waals surface area contributed by atoms with Crippen molar-refractivity contribution in [2.75, 3.05) is 32.5 Å². The van der Waals surface area contributed by atoms with Gasteiger partial charge in [0.05, 0.1) is 22.7 Å². The fraction of sp³-hybridized carbons (Fsp3) is 0.407. The van der Waals surface area contributed by atoms with Crippen LogP contribution in [0.3, 0.4) is 0 Å². The number of aliphatic carboxylic acids is 1. The van der Waals surface area contributed by atoms with Crippen LogP contribution in [-0.2, 0) is 4.79 Å². The number of ketones is 1. The molecule has 0 radical (unpaired) electrons. The summed E-state index contributed by atoms with van der Waals surface area (Å²) in [6, 6.07) is 8.08. The standard InChI is InChI=1S/C27H29ClFN3O4S/c1-36-20-3-4-23-21(14-20)27(22(28)15-31-23)24(33)5-2-17-7-9-32(16-18(17)12-26(34)35)10-11-37-25-13-19(29)6-8-30-25/h3-4,6,8,13-15,17-18H,2,5,7,9-12,16H2,1H3,(H,34,35). The molecule has 2 aromatic heterocycles. The Morgan fingerprint density at radius 3 is 2.84 bits per heavy atom. The summed E-state index contributed by atoms with van der Waals surface area (Å²) in [4.78, 5) is 35.6. The average Bonchev–Trinajstić information content (AvgIpc) is 2.87. The Morgan fingerprint density at radius 2 is 2.08 bits per heavy atom. The maximum Gasteiger partial charge on any atom is 0.303 e. The predicted molar refractivity (Wildman–Crippen MR) is 142 cm³/mol. The van der Waals surface area contributed by atoms with Crippen molar-refractivity contribution >= 4 is 46.0 Å². The van der Waals surface area contributed by atoms with Crippen LogP contribution in [0.5, 0.6) is 5.75 Å². The average molecular weight is 546 g/mol. The smallest absolute Gasteiger partial charge is 0.303 e. The minimum Gasteiger partial charge on any atom is -0.497 e. The summed E-state index contributed by atoms with van der Waals surface area (Å²) < 4.78 is 18.7. The number of likely N-dealkylation sites (tertiary alicyclic amines) is 1. The number of methoxy groups -OCH3 is 1. The third-order valence-electron chi connectivity index (χ3n) is 6.82. The van der Waals surface area contributed by atoms with Crippen LogP contribution in [0.4, 0.5) is 4.39 Å². The first kappa shape index (κ1) is 27.3. The molecule has 1 aliphatic rings. The number of hydrogen-bond acceptors (Lipinski definition) is 7. The number of nitrogens with zero attached hydrogens (tertiary/aromatic N) is 3. The number of rotatable bonds is 11. The van der Waals surface area contributed by atoms with Crippen molar-refractivity contribution < 1.29 is 23.8 Å². The molecule has 3 aromatic rings. The highest BCUT2D eigenvalue weighted by atomic mass is 35.5. The highest BCUT2D eigenvalue weighted by Crippen LogP contribution is 2.33. The lowest BCUT2D eigenvalue weighted by atomic mass is 9.79. The number of carbonyl (C=O) groups is 2. The van der Waals surface area contributed by atoms with E-state index in [1.54, 1.807) is 25.3 Å². The molecule has 10 heteroatoms. The third kappa shape index (κ3) is 7.18. The normalized spacial score (nSPS) is 18.1. The Morgan fingerprint density at radius 1 is 1.24 bits per heavy atom. The van der Waals surface area contributed by atoms with E-state index < -0.39 is 5.97 Å². The van der Waals surface area contributed by atoms with Crippen LogP contribution in [0.25, 0.3) is 10.9 Å². The number of thioether (sulfide) groups is 1. The lowest BCUT2D eigenvalue weighted by Crippen LogP contribution is -2.42. The first-order chi connectivity index (χ1) is 17.8. The summed E-state index contributed by atoms with van der Waals surface area (Å²) in [5.74, 6) is 0.186. The summed E-state index contributed by atoms with van der Waals surface area (Å²) in [5.41, 5.74) is 1.10. The molecule has 2 atom stereocenters. The van der Waals surface area contributed by atoms with Gasteiger partial charge in [-0.3, -0.25) is 14.6 Å². The van der Waals surface area contributed by atoms with Crippen molar-refractivity contribution in [2.24, 2.45) is 11.8 Å². The van der Waals surface area contributed by atoms with Crippen molar-refractivity contribution in [1.82, 2.24) is 14.9 Å². The molecule has 0 amide bonds. The van der Waals surface area contributed by atoms with Gasteiger partial charge in [0.25, 0.3) is 0 Å². The van der Waals surface area contributed by atoms with E-state index in [4.69, 9.17) is 16.3 Å². The predicted octanol–water partition coefficient (Wildman–Crippen LogP) is 5.60. The summed E-state index contributed by atoms with van der Waals surface area (Å²) in [5, 5.41) is 11.1. The second-order valence-electron chi connectivity index (χ2n) is 9.19. The maximum atomic E-state index is 13.4. The number of halogens is 2. The van der Waals surface area contributed by atoms with Crippen molar-refractivity contribution in [3.05, 3.63) is 59.1 Å². The molecule has 0 saturated carbocycles. The summed E-state index contributed by atoms with van der Waals surface area (Å²) in [6.07, 6.45) is 4.68. The number of hydrogen-bond donors (Lipinski definition) is 1. The number of Topliss-reactive ketones (excluding diaryl/α,β-unsaturated/α-hetero) is 1. The molecule has 1 saturated heterocycles. The number of carbonyl (C=O) groups excluding carboxylic acids is 1. The molecule has 0 aliphatic carbocycles. The van der Waals surface area contributed by atoms with Gasteiger partial charge in [-0.1, -0.05) is 11.6 Å². The number of pyridine rings is 2. The van der Waals surface area contributed by atoms with Gasteiger partial charge in [-0.2, -0.15) is 0 Å². The second-order valence-corrected chi connectivity index (χ2v) is 10.7. The Hall–Kier alpha value is -2.75. The number of benzene rings is 1. The second kappa shape index (κ2) is 12.7. The number of aromatic nitrogens is 2. The van der Waals surface area contributed by atoms with Gasteiger partial charge in [-0.05, 0) is 55.5 Å². The molecule has 3 heterocycles. The van der Waals surface area contributed by atoms with Crippen LogP contribution in [0, 0.1) is 17.7 Å². The number of carboxylic acids is 1. The first-order valence-electron chi connectivity index (χ1n) is 12.2. The van der Waals surface area contributed by atoms with Crippen LogP contribution in [0.1, 0.15) is 36.0 Å². The highest BCUT2D eigenvalue weighted by molar-refractivity contribution is 7.99. The Labute approximate surface area is 224 Å². The molecule has 1 aliphatic heterocycles. The molecule has 1 aromatic carbocycles. The fourth-order valence-corrected chi connectivity index (χ4v) is 6.08. The van der Waals surface area contributed by atoms with E-state index in [0.717, 1.165) is 25.3 Å². The van der Waals surface area contributed by atoms with Gasteiger partial charge in [-0.25, -0.2) is 9.37 Å². The summed E-state index contributed by atoms with van der Waals surface area (Å²) in [7, 11) is 1.56. The number of ether oxygens (including phenoxy) is 1. The number of carboxylic acid groups (broad SMARTS) is 1. The minimum atomic E-state index is -0.836. The van der Waals surface area contributed by atoms with Gasteiger partial charge in [0.15, 0.2) is 5.78 Å². The first-order valence-corrected chi connectivity index (χ1v) is 13.5. The minimum absolute atomic E-state index is 0.0545.